The number of hydrogen-bond acceptors (Lipinski definition) is 4. The van der Waals surface area contributed by atoms with Crippen LogP contribution in [0.25, 0.3) is 0 Å². The smallest absolute Gasteiger partial charge is 0.270 e. The van der Waals surface area contributed by atoms with E-state index in [2.05, 4.69) is 21.2 Å². The Morgan fingerprint density at radius 3 is 2.68 bits per heavy atom. The van der Waals surface area contributed by atoms with Crippen LogP contribution in [0.3, 0.4) is 0 Å². The maximum atomic E-state index is 13.3. The zero-order valence-electron chi connectivity index (χ0n) is 13.5. The van der Waals surface area contributed by atoms with Gasteiger partial charge in [-0.2, -0.15) is 0 Å². The molecule has 2 rings (SSSR count). The van der Waals surface area contributed by atoms with Crippen molar-refractivity contribution in [2.45, 2.75) is 13.5 Å². The summed E-state index contributed by atoms with van der Waals surface area (Å²) in [5, 5.41) is 13.4. The lowest BCUT2D eigenvalue weighted by Gasteiger charge is -2.20. The first-order chi connectivity index (χ1) is 11.9. The number of benzene rings is 2. The Balaban J connectivity index is 1.99. The fourth-order valence-corrected chi connectivity index (χ4v) is 2.75. The number of likely N-dealkylation sites (N-methyl/N-ethyl adjacent to an activating group) is 1. The first kappa shape index (κ1) is 19.0. The van der Waals surface area contributed by atoms with E-state index in [1.54, 1.807) is 12.1 Å². The molecule has 0 aliphatic carbocycles. The number of rotatable bonds is 7. The van der Waals surface area contributed by atoms with Gasteiger partial charge in [0, 0.05) is 23.2 Å². The Morgan fingerprint density at radius 2 is 2.08 bits per heavy atom. The summed E-state index contributed by atoms with van der Waals surface area (Å²) in [4.78, 5) is 24.3. The third kappa shape index (κ3) is 5.61. The van der Waals surface area contributed by atoms with Gasteiger partial charge in [-0.1, -0.05) is 19.1 Å². The summed E-state index contributed by atoms with van der Waals surface area (Å²) in [6.07, 6.45) is 0. The highest BCUT2D eigenvalue weighted by Gasteiger charge is 2.14. The number of hydrogen-bond donors (Lipinski definition) is 1. The molecule has 1 amide bonds. The standard InChI is InChI=1S/C17H17BrFN3O3/c1-2-21(10-12-4-3-5-13(19)8-12)11-17(23)20-16-7-6-14(22(24)25)9-15(16)18/h3-9H,2,10-11H2,1H3,(H,20,23). The molecule has 0 aliphatic rings. The molecule has 0 saturated carbocycles. The van der Waals surface area contributed by atoms with Crippen LogP contribution in [0, 0.1) is 15.9 Å². The third-order valence-corrected chi connectivity index (χ3v) is 4.20. The van der Waals surface area contributed by atoms with Crippen molar-refractivity contribution in [3.8, 4) is 0 Å². The molecule has 25 heavy (non-hydrogen) atoms. The quantitative estimate of drug-likeness (QED) is 0.554. The molecule has 0 spiro atoms. The molecule has 0 unspecified atom stereocenters. The highest BCUT2D eigenvalue weighted by molar-refractivity contribution is 9.10. The fourth-order valence-electron chi connectivity index (χ4n) is 2.28. The van der Waals surface area contributed by atoms with Gasteiger partial charge in [-0.3, -0.25) is 19.8 Å². The summed E-state index contributed by atoms with van der Waals surface area (Å²) in [6.45, 7) is 3.10. The van der Waals surface area contributed by atoms with E-state index < -0.39 is 4.92 Å². The van der Waals surface area contributed by atoms with Crippen LogP contribution in [0.15, 0.2) is 46.9 Å². The number of nitro groups is 1. The Bertz CT molecular complexity index is 785. The Labute approximate surface area is 152 Å². The Hall–Kier alpha value is -2.32. The molecule has 0 aromatic heterocycles. The van der Waals surface area contributed by atoms with Crippen LogP contribution in [0.5, 0.6) is 0 Å². The average Bonchev–Trinajstić information content (AvgIpc) is 2.56. The molecule has 2 aromatic carbocycles. The molecule has 1 N–H and O–H groups in total. The minimum Gasteiger partial charge on any atom is -0.324 e. The van der Waals surface area contributed by atoms with Crippen LogP contribution < -0.4 is 5.32 Å². The van der Waals surface area contributed by atoms with Crippen LogP contribution in [-0.2, 0) is 11.3 Å². The molecule has 132 valence electrons. The van der Waals surface area contributed by atoms with Crippen molar-refractivity contribution < 1.29 is 14.1 Å². The monoisotopic (exact) mass is 409 g/mol. The van der Waals surface area contributed by atoms with Gasteiger partial charge in [0.05, 0.1) is 17.2 Å². The average molecular weight is 410 g/mol. The van der Waals surface area contributed by atoms with Gasteiger partial charge in [-0.05, 0) is 46.2 Å². The van der Waals surface area contributed by atoms with Gasteiger partial charge in [-0.25, -0.2) is 4.39 Å². The minimum atomic E-state index is -0.506. The normalized spacial score (nSPS) is 10.7. The van der Waals surface area contributed by atoms with Crippen LogP contribution >= 0.6 is 15.9 Å². The van der Waals surface area contributed by atoms with E-state index in [1.807, 2.05) is 11.8 Å². The van der Waals surface area contributed by atoms with E-state index in [9.17, 15) is 19.3 Å². The van der Waals surface area contributed by atoms with Gasteiger partial charge in [0.1, 0.15) is 5.82 Å². The molecule has 0 radical (unpaired) electrons. The maximum absolute atomic E-state index is 13.3. The summed E-state index contributed by atoms with van der Waals surface area (Å²) in [5.74, 6) is -0.569. The van der Waals surface area contributed by atoms with Crippen LogP contribution in [-0.4, -0.2) is 28.8 Å². The van der Waals surface area contributed by atoms with E-state index in [4.69, 9.17) is 0 Å². The Morgan fingerprint density at radius 1 is 1.32 bits per heavy atom. The highest BCUT2D eigenvalue weighted by Crippen LogP contribution is 2.27. The highest BCUT2D eigenvalue weighted by atomic mass is 79.9. The van der Waals surface area contributed by atoms with Crippen molar-refractivity contribution in [1.29, 1.82) is 0 Å². The lowest BCUT2D eigenvalue weighted by atomic mass is 10.2. The SMILES string of the molecule is CCN(CC(=O)Nc1ccc([N+](=O)[O-])cc1Br)Cc1cccc(F)c1. The van der Waals surface area contributed by atoms with Gasteiger partial charge in [0.2, 0.25) is 5.91 Å². The van der Waals surface area contributed by atoms with Gasteiger partial charge < -0.3 is 5.32 Å². The van der Waals surface area contributed by atoms with E-state index in [1.165, 1.54) is 30.3 Å². The molecular weight excluding hydrogens is 393 g/mol. The predicted molar refractivity (Wildman–Crippen MR) is 96.8 cm³/mol. The molecule has 6 nitrogen and oxygen atoms in total. The van der Waals surface area contributed by atoms with Crippen LogP contribution in [0.1, 0.15) is 12.5 Å². The topological polar surface area (TPSA) is 75.5 Å². The first-order valence-electron chi connectivity index (χ1n) is 7.59. The number of nitrogens with zero attached hydrogens (tertiary/aromatic N) is 2. The number of anilines is 1. The lowest BCUT2D eigenvalue weighted by Crippen LogP contribution is -2.32. The first-order valence-corrected chi connectivity index (χ1v) is 8.39. The number of carbonyl (C=O) groups is 1. The largest absolute Gasteiger partial charge is 0.324 e. The second-order valence-electron chi connectivity index (χ2n) is 5.40. The molecule has 0 atom stereocenters. The lowest BCUT2D eigenvalue weighted by molar-refractivity contribution is -0.384. The molecule has 0 aliphatic heterocycles. The van der Waals surface area contributed by atoms with E-state index in [0.29, 0.717) is 23.2 Å². The third-order valence-electron chi connectivity index (χ3n) is 3.55. The summed E-state index contributed by atoms with van der Waals surface area (Å²) in [7, 11) is 0. The molecular formula is C17H17BrFN3O3. The van der Waals surface area contributed by atoms with Crippen molar-refractivity contribution in [3.05, 3.63) is 68.4 Å². The summed E-state index contributed by atoms with van der Waals surface area (Å²) >= 11 is 3.21. The second kappa shape index (κ2) is 8.68. The van der Waals surface area contributed by atoms with Crippen molar-refractivity contribution in [1.82, 2.24) is 4.90 Å². The number of nitro benzene ring substituents is 1. The minimum absolute atomic E-state index is 0.0637. The number of nitrogens with one attached hydrogen (secondary N) is 1. The van der Waals surface area contributed by atoms with E-state index in [-0.39, 0.29) is 24.0 Å². The molecule has 8 heteroatoms. The zero-order valence-corrected chi connectivity index (χ0v) is 15.1. The van der Waals surface area contributed by atoms with Crippen molar-refractivity contribution in [2.75, 3.05) is 18.4 Å². The van der Waals surface area contributed by atoms with Gasteiger partial charge >= 0.3 is 0 Å². The number of non-ortho nitro benzene ring substituents is 1. The van der Waals surface area contributed by atoms with Gasteiger partial charge in [0.25, 0.3) is 5.69 Å². The number of amides is 1. The van der Waals surface area contributed by atoms with E-state index in [0.717, 1.165) is 5.56 Å². The number of carbonyl (C=O) groups excluding carboxylic acids is 1. The molecule has 0 saturated heterocycles. The van der Waals surface area contributed by atoms with Gasteiger partial charge in [0.15, 0.2) is 0 Å². The fraction of sp³-hybridized carbons (Fsp3) is 0.235. The number of halogens is 2. The Kier molecular flexibility index (Phi) is 6.60. The summed E-state index contributed by atoms with van der Waals surface area (Å²) in [5.41, 5.74) is 1.18. The van der Waals surface area contributed by atoms with Gasteiger partial charge in [-0.15, -0.1) is 0 Å². The summed E-state index contributed by atoms with van der Waals surface area (Å²) < 4.78 is 13.7. The second-order valence-corrected chi connectivity index (χ2v) is 6.26. The zero-order chi connectivity index (χ0) is 18.4. The molecule has 0 fully saturated rings. The van der Waals surface area contributed by atoms with Crippen molar-refractivity contribution >= 4 is 33.2 Å². The molecule has 0 bridgehead atoms. The van der Waals surface area contributed by atoms with E-state index >= 15 is 0 Å². The van der Waals surface area contributed by atoms with Crippen LogP contribution in [0.4, 0.5) is 15.8 Å². The summed E-state index contributed by atoms with van der Waals surface area (Å²) in [6, 6.07) is 10.4. The van der Waals surface area contributed by atoms with Crippen molar-refractivity contribution in [2.24, 2.45) is 0 Å². The van der Waals surface area contributed by atoms with Crippen molar-refractivity contribution in [3.63, 3.8) is 0 Å². The maximum Gasteiger partial charge on any atom is 0.270 e. The molecule has 2 aromatic rings. The predicted octanol–water partition coefficient (Wildman–Crippen LogP) is 3.96. The van der Waals surface area contributed by atoms with Crippen LogP contribution in [0.2, 0.25) is 0 Å². The molecule has 0 heterocycles.